The molecule has 30 heavy (non-hydrogen) atoms. The molecule has 0 fully saturated rings. The van der Waals surface area contributed by atoms with Gasteiger partial charge in [-0.05, 0) is 24.1 Å². The number of nitrogens with zero attached hydrogens (tertiary/aromatic N) is 5. The van der Waals surface area contributed by atoms with Gasteiger partial charge in [-0.2, -0.15) is 19.9 Å². The number of nitrogens with one attached hydrogen (secondary N) is 1. The molecule has 0 saturated carbocycles. The lowest BCUT2D eigenvalue weighted by atomic mass is 10.1. The lowest BCUT2D eigenvalue weighted by molar-refractivity contribution is 0.391. The second kappa shape index (κ2) is 9.36. The van der Waals surface area contributed by atoms with Gasteiger partial charge in [-0.25, -0.2) is 0 Å². The number of thioether (sulfide) groups is 1. The Morgan fingerprint density at radius 2 is 1.73 bits per heavy atom. The molecule has 9 heteroatoms. The highest BCUT2D eigenvalue weighted by Crippen LogP contribution is 2.21. The van der Waals surface area contributed by atoms with Crippen LogP contribution in [0.1, 0.15) is 24.2 Å². The Labute approximate surface area is 178 Å². The van der Waals surface area contributed by atoms with Gasteiger partial charge < -0.3 is 15.6 Å². The summed E-state index contributed by atoms with van der Waals surface area (Å²) < 4.78 is 5.37. The highest BCUT2D eigenvalue weighted by Gasteiger charge is 2.10. The van der Waals surface area contributed by atoms with Crippen LogP contribution in [0.3, 0.4) is 0 Å². The van der Waals surface area contributed by atoms with E-state index >= 15 is 0 Å². The molecule has 4 rings (SSSR count). The molecule has 0 bridgehead atoms. The molecular weight excluding hydrogens is 398 g/mol. The van der Waals surface area contributed by atoms with Crippen molar-refractivity contribution >= 4 is 29.3 Å². The Morgan fingerprint density at radius 1 is 0.933 bits per heavy atom. The number of aryl methyl sites for hydroxylation is 1. The number of para-hydroxylation sites is 1. The van der Waals surface area contributed by atoms with E-state index < -0.39 is 0 Å². The average Bonchev–Trinajstić information content (AvgIpc) is 3.23. The Balaban J connectivity index is 1.35. The zero-order chi connectivity index (χ0) is 20.8. The predicted octanol–water partition coefficient (Wildman–Crippen LogP) is 4.24. The van der Waals surface area contributed by atoms with E-state index in [9.17, 15) is 0 Å². The summed E-state index contributed by atoms with van der Waals surface area (Å²) in [5, 5.41) is 7.20. The Morgan fingerprint density at radius 3 is 2.50 bits per heavy atom. The predicted molar refractivity (Wildman–Crippen MR) is 118 cm³/mol. The Hall–Kier alpha value is -3.46. The summed E-state index contributed by atoms with van der Waals surface area (Å²) in [5.74, 6) is 3.41. The van der Waals surface area contributed by atoms with E-state index in [1.807, 2.05) is 42.5 Å². The number of anilines is 3. The van der Waals surface area contributed by atoms with Crippen LogP contribution in [-0.2, 0) is 17.9 Å². The van der Waals surface area contributed by atoms with Crippen molar-refractivity contribution < 1.29 is 4.52 Å². The molecule has 2 aromatic heterocycles. The molecule has 0 amide bonds. The first-order valence-corrected chi connectivity index (χ1v) is 10.7. The summed E-state index contributed by atoms with van der Waals surface area (Å²) in [5.41, 5.74) is 8.93. The van der Waals surface area contributed by atoms with Crippen molar-refractivity contribution in [1.82, 2.24) is 25.1 Å². The van der Waals surface area contributed by atoms with Crippen molar-refractivity contribution in [3.05, 3.63) is 71.9 Å². The van der Waals surface area contributed by atoms with Gasteiger partial charge in [0.25, 0.3) is 0 Å². The first-order valence-electron chi connectivity index (χ1n) is 9.52. The molecule has 152 valence electrons. The molecule has 4 aromatic rings. The first-order chi connectivity index (χ1) is 14.7. The van der Waals surface area contributed by atoms with Crippen LogP contribution in [-0.4, -0.2) is 25.1 Å². The summed E-state index contributed by atoms with van der Waals surface area (Å²) in [6.07, 6.45) is 0.999. The van der Waals surface area contributed by atoms with Crippen LogP contribution >= 0.6 is 11.8 Å². The van der Waals surface area contributed by atoms with E-state index in [0.29, 0.717) is 35.0 Å². The second-order valence-electron chi connectivity index (χ2n) is 6.48. The van der Waals surface area contributed by atoms with Crippen molar-refractivity contribution in [2.45, 2.75) is 24.9 Å². The summed E-state index contributed by atoms with van der Waals surface area (Å²) >= 11 is 1.57. The Kier molecular flexibility index (Phi) is 6.19. The Bertz CT molecular complexity index is 1100. The number of nitrogens with two attached hydrogens (primary N) is 1. The van der Waals surface area contributed by atoms with Gasteiger partial charge in [0, 0.05) is 11.3 Å². The maximum atomic E-state index is 5.83. The van der Waals surface area contributed by atoms with Crippen molar-refractivity contribution in [2.24, 2.45) is 0 Å². The van der Waals surface area contributed by atoms with Gasteiger partial charge in [0.15, 0.2) is 0 Å². The van der Waals surface area contributed by atoms with Gasteiger partial charge in [0.05, 0.1) is 11.5 Å². The lowest BCUT2D eigenvalue weighted by Crippen LogP contribution is -2.06. The molecule has 0 unspecified atom stereocenters. The monoisotopic (exact) mass is 419 g/mol. The molecule has 0 aliphatic heterocycles. The molecular formula is C21H21N7OS. The van der Waals surface area contributed by atoms with Crippen LogP contribution in [0, 0.1) is 0 Å². The maximum Gasteiger partial charge on any atom is 0.236 e. The number of hydrogen-bond donors (Lipinski definition) is 2. The number of nitrogen functional groups attached to an aromatic ring is 1. The van der Waals surface area contributed by atoms with Crippen LogP contribution < -0.4 is 11.1 Å². The summed E-state index contributed by atoms with van der Waals surface area (Å²) in [4.78, 5) is 17.2. The fourth-order valence-electron chi connectivity index (χ4n) is 2.76. The topological polar surface area (TPSA) is 116 Å². The van der Waals surface area contributed by atoms with Crippen LogP contribution in [0.15, 0.2) is 59.1 Å². The standard InChI is InChI=1S/C21H21N7OS/c1-2-14-8-10-15(11-9-14)19-26-18(29-28-19)13-30-12-17-24-20(22)27-21(25-17)23-16-6-4-3-5-7-16/h3-11H,2,12-13H2,1H3,(H3,22,23,24,25,27). The molecule has 0 saturated heterocycles. The molecule has 2 aromatic carbocycles. The molecule has 2 heterocycles. The van der Waals surface area contributed by atoms with E-state index in [4.69, 9.17) is 10.3 Å². The minimum atomic E-state index is 0.176. The van der Waals surface area contributed by atoms with Crippen molar-refractivity contribution in [2.75, 3.05) is 11.1 Å². The average molecular weight is 420 g/mol. The highest BCUT2D eigenvalue weighted by molar-refractivity contribution is 7.97. The quantitative estimate of drug-likeness (QED) is 0.432. The fraction of sp³-hybridized carbons (Fsp3) is 0.190. The minimum Gasteiger partial charge on any atom is -0.368 e. The smallest absolute Gasteiger partial charge is 0.236 e. The third-order valence-electron chi connectivity index (χ3n) is 4.27. The van der Waals surface area contributed by atoms with E-state index in [2.05, 4.69) is 49.5 Å². The van der Waals surface area contributed by atoms with E-state index in [1.165, 1.54) is 5.56 Å². The first kappa shape index (κ1) is 19.8. The van der Waals surface area contributed by atoms with Gasteiger partial charge >= 0.3 is 0 Å². The largest absolute Gasteiger partial charge is 0.368 e. The summed E-state index contributed by atoms with van der Waals surface area (Å²) in [7, 11) is 0. The SMILES string of the molecule is CCc1ccc(-c2noc(CSCc3nc(N)nc(Nc4ccccc4)n3)n2)cc1. The van der Waals surface area contributed by atoms with Crippen LogP contribution in [0.5, 0.6) is 0 Å². The van der Waals surface area contributed by atoms with Gasteiger partial charge in [0.1, 0.15) is 5.82 Å². The fourth-order valence-corrected chi connectivity index (χ4v) is 3.46. The van der Waals surface area contributed by atoms with E-state index in [1.54, 1.807) is 11.8 Å². The maximum absolute atomic E-state index is 5.83. The number of benzene rings is 2. The van der Waals surface area contributed by atoms with Crippen molar-refractivity contribution in [3.63, 3.8) is 0 Å². The highest BCUT2D eigenvalue weighted by atomic mass is 32.2. The van der Waals surface area contributed by atoms with Crippen LogP contribution in [0.25, 0.3) is 11.4 Å². The van der Waals surface area contributed by atoms with Gasteiger partial charge in [-0.15, -0.1) is 11.8 Å². The number of rotatable bonds is 8. The third kappa shape index (κ3) is 5.12. The zero-order valence-corrected chi connectivity index (χ0v) is 17.3. The summed E-state index contributed by atoms with van der Waals surface area (Å²) in [6.45, 7) is 2.12. The molecule has 0 aliphatic carbocycles. The van der Waals surface area contributed by atoms with E-state index in [0.717, 1.165) is 17.7 Å². The van der Waals surface area contributed by atoms with Gasteiger partial charge in [-0.3, -0.25) is 0 Å². The second-order valence-corrected chi connectivity index (χ2v) is 7.47. The third-order valence-corrected chi connectivity index (χ3v) is 5.19. The van der Waals surface area contributed by atoms with Gasteiger partial charge in [0.2, 0.25) is 23.6 Å². The molecule has 0 atom stereocenters. The zero-order valence-electron chi connectivity index (χ0n) is 16.4. The summed E-state index contributed by atoms with van der Waals surface area (Å²) in [6, 6.07) is 17.8. The van der Waals surface area contributed by atoms with E-state index in [-0.39, 0.29) is 5.95 Å². The molecule has 0 radical (unpaired) electrons. The number of hydrogen-bond acceptors (Lipinski definition) is 9. The normalized spacial score (nSPS) is 10.8. The molecule has 8 nitrogen and oxygen atoms in total. The number of aromatic nitrogens is 5. The van der Waals surface area contributed by atoms with Crippen molar-refractivity contribution in [1.29, 1.82) is 0 Å². The molecule has 3 N–H and O–H groups in total. The minimum absolute atomic E-state index is 0.176. The van der Waals surface area contributed by atoms with Crippen LogP contribution in [0.4, 0.5) is 17.6 Å². The van der Waals surface area contributed by atoms with Crippen molar-refractivity contribution in [3.8, 4) is 11.4 Å². The molecule has 0 spiro atoms. The van der Waals surface area contributed by atoms with Gasteiger partial charge in [-0.1, -0.05) is 54.5 Å². The molecule has 0 aliphatic rings. The van der Waals surface area contributed by atoms with Crippen LogP contribution in [0.2, 0.25) is 0 Å². The lowest BCUT2D eigenvalue weighted by Gasteiger charge is -2.06.